The molecule has 3 aliphatic rings. The van der Waals surface area contributed by atoms with Crippen molar-refractivity contribution in [2.75, 3.05) is 0 Å². The van der Waals surface area contributed by atoms with Crippen LogP contribution in [-0.4, -0.2) is 22.2 Å². The molecule has 0 radical (unpaired) electrons. The number of carbonyl (C=O) groups excluding carboxylic acids is 1. The summed E-state index contributed by atoms with van der Waals surface area (Å²) in [5.41, 5.74) is 2.45. The van der Waals surface area contributed by atoms with Crippen LogP contribution in [0.25, 0.3) is 0 Å². The number of unbranched alkanes of at least 4 members (excludes halogenated alkanes) is 3. The molecule has 2 atom stereocenters. The first-order chi connectivity index (χ1) is 16.0. The van der Waals surface area contributed by atoms with Gasteiger partial charge in [0.1, 0.15) is 17.1 Å². The highest BCUT2D eigenvalue weighted by molar-refractivity contribution is 5.94. The second-order valence-corrected chi connectivity index (χ2v) is 12.6. The third kappa shape index (κ3) is 4.88. The molecule has 1 aromatic rings. The quantitative estimate of drug-likeness (QED) is 0.395. The Morgan fingerprint density at radius 2 is 1.91 bits per heavy atom. The molecular formula is C30H45NO3. The van der Waals surface area contributed by atoms with Crippen molar-refractivity contribution < 1.29 is 14.6 Å². The number of hydrogen-bond donors (Lipinski definition) is 2. The van der Waals surface area contributed by atoms with E-state index in [-0.39, 0.29) is 34.3 Å². The second kappa shape index (κ2) is 9.24. The van der Waals surface area contributed by atoms with Gasteiger partial charge in [0, 0.05) is 28.5 Å². The molecule has 0 bridgehead atoms. The maximum atomic E-state index is 13.1. The minimum atomic E-state index is -0.355. The third-order valence-electron chi connectivity index (χ3n) is 8.90. The van der Waals surface area contributed by atoms with Gasteiger partial charge in [-0.1, -0.05) is 52.5 Å². The Morgan fingerprint density at radius 1 is 1.18 bits per heavy atom. The monoisotopic (exact) mass is 467 g/mol. The third-order valence-corrected chi connectivity index (χ3v) is 8.90. The molecule has 0 unspecified atom stereocenters. The van der Waals surface area contributed by atoms with E-state index < -0.39 is 0 Å². The highest BCUT2D eigenvalue weighted by Gasteiger charge is 2.47. The number of rotatable bonds is 8. The van der Waals surface area contributed by atoms with Gasteiger partial charge in [0.25, 0.3) is 0 Å². The molecule has 2 N–H and O–H groups in total. The van der Waals surface area contributed by atoms with Crippen molar-refractivity contribution in [3.05, 3.63) is 34.9 Å². The molecule has 188 valence electrons. The first-order valence-electron chi connectivity index (χ1n) is 13.5. The Balaban J connectivity index is 1.59. The van der Waals surface area contributed by atoms with Crippen molar-refractivity contribution in [1.29, 1.82) is 0 Å². The zero-order chi connectivity index (χ0) is 24.7. The van der Waals surface area contributed by atoms with Gasteiger partial charge in [-0.15, -0.1) is 0 Å². The fourth-order valence-electron chi connectivity index (χ4n) is 6.30. The van der Waals surface area contributed by atoms with Crippen LogP contribution in [0.2, 0.25) is 0 Å². The Labute approximate surface area is 206 Å². The molecule has 34 heavy (non-hydrogen) atoms. The molecule has 4 heteroatoms. The van der Waals surface area contributed by atoms with Gasteiger partial charge in [-0.05, 0) is 82.4 Å². The lowest BCUT2D eigenvalue weighted by Crippen LogP contribution is -2.52. The summed E-state index contributed by atoms with van der Waals surface area (Å²) in [6.07, 6.45) is 12.9. The smallest absolute Gasteiger partial charge is 0.247 e. The number of phenolic OH excluding ortho intramolecular Hbond substituents is 1. The Kier molecular flexibility index (Phi) is 6.83. The molecule has 1 aliphatic heterocycles. The minimum Gasteiger partial charge on any atom is -0.508 e. The molecule has 4 rings (SSSR count). The molecule has 1 amide bonds. The van der Waals surface area contributed by atoms with E-state index in [2.05, 4.69) is 59.0 Å². The molecule has 0 saturated heterocycles. The normalized spacial score (nSPS) is 24.7. The summed E-state index contributed by atoms with van der Waals surface area (Å²) in [6.45, 7) is 13.2. The molecule has 0 spiro atoms. The van der Waals surface area contributed by atoms with Crippen molar-refractivity contribution in [3.63, 3.8) is 0 Å². The van der Waals surface area contributed by atoms with Gasteiger partial charge in [0.05, 0.1) is 0 Å². The molecule has 1 fully saturated rings. The summed E-state index contributed by atoms with van der Waals surface area (Å²) in [7, 11) is 0. The number of hydrogen-bond acceptors (Lipinski definition) is 3. The van der Waals surface area contributed by atoms with Crippen molar-refractivity contribution in [2.45, 2.75) is 128 Å². The number of amides is 1. The van der Waals surface area contributed by atoms with Crippen LogP contribution >= 0.6 is 0 Å². The summed E-state index contributed by atoms with van der Waals surface area (Å²) in [5, 5.41) is 14.6. The predicted octanol–water partition coefficient (Wildman–Crippen LogP) is 7.29. The van der Waals surface area contributed by atoms with Gasteiger partial charge in [0.15, 0.2) is 0 Å². The average molecular weight is 468 g/mol. The number of benzene rings is 1. The van der Waals surface area contributed by atoms with Gasteiger partial charge in [0.2, 0.25) is 5.91 Å². The first kappa shape index (κ1) is 25.1. The van der Waals surface area contributed by atoms with Gasteiger partial charge in [-0.25, -0.2) is 0 Å². The molecule has 1 aromatic carbocycles. The average Bonchev–Trinajstić information content (AvgIpc) is 2.74. The van der Waals surface area contributed by atoms with Gasteiger partial charge >= 0.3 is 0 Å². The van der Waals surface area contributed by atoms with E-state index in [0.29, 0.717) is 12.2 Å². The largest absolute Gasteiger partial charge is 0.508 e. The predicted molar refractivity (Wildman–Crippen MR) is 139 cm³/mol. The van der Waals surface area contributed by atoms with E-state index >= 15 is 0 Å². The van der Waals surface area contributed by atoms with E-state index in [1.54, 1.807) is 0 Å². The van der Waals surface area contributed by atoms with Crippen LogP contribution < -0.4 is 10.1 Å². The van der Waals surface area contributed by atoms with Crippen LogP contribution in [0.5, 0.6) is 11.5 Å². The zero-order valence-corrected chi connectivity index (χ0v) is 22.2. The fraction of sp³-hybridized carbons (Fsp3) is 0.700. The minimum absolute atomic E-state index is 0.0274. The van der Waals surface area contributed by atoms with Crippen molar-refractivity contribution in [1.82, 2.24) is 5.32 Å². The van der Waals surface area contributed by atoms with Crippen molar-refractivity contribution >= 4 is 5.91 Å². The summed E-state index contributed by atoms with van der Waals surface area (Å²) >= 11 is 0. The molecule has 4 nitrogen and oxygen atoms in total. The molecule has 0 aromatic heterocycles. The first-order valence-corrected chi connectivity index (χ1v) is 13.5. The maximum Gasteiger partial charge on any atom is 0.247 e. The summed E-state index contributed by atoms with van der Waals surface area (Å²) in [4.78, 5) is 13.1. The lowest BCUT2D eigenvalue weighted by molar-refractivity contribution is -0.120. The fourth-order valence-corrected chi connectivity index (χ4v) is 6.30. The number of aromatic hydroxyl groups is 1. The van der Waals surface area contributed by atoms with Gasteiger partial charge in [-0.3, -0.25) is 4.79 Å². The van der Waals surface area contributed by atoms with E-state index in [9.17, 15) is 9.90 Å². The zero-order valence-electron chi connectivity index (χ0n) is 22.2. The molecule has 1 saturated carbocycles. The van der Waals surface area contributed by atoms with E-state index in [0.717, 1.165) is 48.1 Å². The molecule has 1 heterocycles. The Morgan fingerprint density at radius 3 is 2.56 bits per heavy atom. The lowest BCUT2D eigenvalue weighted by Gasteiger charge is -2.47. The standard InChI is InChI=1S/C30H45NO3/c1-7-8-9-10-14-28(2,3)21-18-24(32)26-22-17-20(27(33)31-30(6)15-11-16-30)12-13-23(22)29(4,5)34-25(26)19-21/h12,18-19,22-23,32H,7-11,13-17H2,1-6H3,(H,31,33)/t22-,23-/m1/s1. The Hall–Kier alpha value is -1.97. The number of nitrogens with one attached hydrogen (secondary N) is 1. The van der Waals surface area contributed by atoms with Crippen LogP contribution in [0.4, 0.5) is 0 Å². The SMILES string of the molecule is CCCCCCC(C)(C)c1cc(O)c2c(c1)OC(C)(C)[C@@H]1CC=C(C(=O)NC3(C)CCC3)C[C@@H]21. The maximum absolute atomic E-state index is 13.1. The second-order valence-electron chi connectivity index (χ2n) is 12.6. The topological polar surface area (TPSA) is 58.6 Å². The van der Waals surface area contributed by atoms with Crippen LogP contribution in [0, 0.1) is 5.92 Å². The number of ether oxygens (including phenoxy) is 1. The van der Waals surface area contributed by atoms with Gasteiger partial charge in [-0.2, -0.15) is 0 Å². The number of allylic oxidation sites excluding steroid dienone is 1. The van der Waals surface area contributed by atoms with E-state index in [1.807, 2.05) is 6.07 Å². The summed E-state index contributed by atoms with van der Waals surface area (Å²) < 4.78 is 6.56. The number of fused-ring (bicyclic) bond motifs is 3. The van der Waals surface area contributed by atoms with Crippen molar-refractivity contribution in [2.24, 2.45) is 5.92 Å². The molecular weight excluding hydrogens is 422 g/mol. The van der Waals surface area contributed by atoms with Gasteiger partial charge < -0.3 is 15.2 Å². The number of carbonyl (C=O) groups is 1. The van der Waals surface area contributed by atoms with Crippen LogP contribution in [0.3, 0.4) is 0 Å². The van der Waals surface area contributed by atoms with Crippen LogP contribution in [-0.2, 0) is 10.2 Å². The lowest BCUT2D eigenvalue weighted by atomic mass is 9.66. The van der Waals surface area contributed by atoms with E-state index in [4.69, 9.17) is 4.74 Å². The number of phenols is 1. The molecule has 2 aliphatic carbocycles. The highest BCUT2D eigenvalue weighted by Crippen LogP contribution is 2.55. The Bertz CT molecular complexity index is 954. The van der Waals surface area contributed by atoms with Crippen LogP contribution in [0.15, 0.2) is 23.8 Å². The van der Waals surface area contributed by atoms with Crippen molar-refractivity contribution in [3.8, 4) is 11.5 Å². The highest BCUT2D eigenvalue weighted by atomic mass is 16.5. The summed E-state index contributed by atoms with van der Waals surface area (Å²) in [5.74, 6) is 1.51. The van der Waals surface area contributed by atoms with Crippen LogP contribution in [0.1, 0.15) is 123 Å². The summed E-state index contributed by atoms with van der Waals surface area (Å²) in [6, 6.07) is 4.13. The van der Waals surface area contributed by atoms with E-state index in [1.165, 1.54) is 32.1 Å².